The molecule has 2 aromatic rings. The summed E-state index contributed by atoms with van der Waals surface area (Å²) in [6, 6.07) is 5.70. The van der Waals surface area contributed by atoms with Crippen molar-refractivity contribution in [3.63, 3.8) is 0 Å². The van der Waals surface area contributed by atoms with Gasteiger partial charge in [-0.25, -0.2) is 4.98 Å². The van der Waals surface area contributed by atoms with Gasteiger partial charge in [0.05, 0.1) is 18.2 Å². The molecule has 0 amide bonds. The van der Waals surface area contributed by atoms with Crippen molar-refractivity contribution in [1.82, 2.24) is 20.1 Å². The normalized spacial score (nSPS) is 15.9. The average Bonchev–Trinajstić information content (AvgIpc) is 2.93. The lowest BCUT2D eigenvalue weighted by molar-refractivity contribution is 0.224. The molecule has 0 aliphatic carbocycles. The van der Waals surface area contributed by atoms with E-state index in [2.05, 4.69) is 31.1 Å². The SMILES string of the molecule is Cc1nnc(CN2CCN(c3cc(C#N)ccn3)CC2)o1. The van der Waals surface area contributed by atoms with Gasteiger partial charge in [0.25, 0.3) is 0 Å². The monoisotopic (exact) mass is 284 g/mol. The molecule has 0 atom stereocenters. The van der Waals surface area contributed by atoms with Crippen molar-refractivity contribution >= 4 is 5.82 Å². The second kappa shape index (κ2) is 5.89. The fourth-order valence-corrected chi connectivity index (χ4v) is 2.39. The molecule has 7 heteroatoms. The van der Waals surface area contributed by atoms with Gasteiger partial charge in [0.1, 0.15) is 5.82 Å². The zero-order valence-electron chi connectivity index (χ0n) is 11.9. The minimum absolute atomic E-state index is 0.598. The van der Waals surface area contributed by atoms with Crippen molar-refractivity contribution in [1.29, 1.82) is 5.26 Å². The van der Waals surface area contributed by atoms with E-state index in [-0.39, 0.29) is 0 Å². The zero-order chi connectivity index (χ0) is 14.7. The lowest BCUT2D eigenvalue weighted by Gasteiger charge is -2.34. The Morgan fingerprint density at radius 3 is 2.76 bits per heavy atom. The summed E-state index contributed by atoms with van der Waals surface area (Å²) in [5.41, 5.74) is 0.642. The summed E-state index contributed by atoms with van der Waals surface area (Å²) in [7, 11) is 0. The largest absolute Gasteiger partial charge is 0.424 e. The van der Waals surface area contributed by atoms with E-state index < -0.39 is 0 Å². The molecule has 3 heterocycles. The summed E-state index contributed by atoms with van der Waals surface area (Å²) in [5, 5.41) is 16.8. The Labute approximate surface area is 122 Å². The van der Waals surface area contributed by atoms with Crippen LogP contribution in [0.2, 0.25) is 0 Å². The van der Waals surface area contributed by atoms with E-state index in [0.29, 0.717) is 23.9 Å². The third kappa shape index (κ3) is 3.17. The van der Waals surface area contributed by atoms with Crippen LogP contribution >= 0.6 is 0 Å². The van der Waals surface area contributed by atoms with Gasteiger partial charge in [0.2, 0.25) is 11.8 Å². The van der Waals surface area contributed by atoms with Crippen molar-refractivity contribution < 1.29 is 4.42 Å². The van der Waals surface area contributed by atoms with E-state index >= 15 is 0 Å². The Balaban J connectivity index is 1.58. The third-order valence-electron chi connectivity index (χ3n) is 3.50. The van der Waals surface area contributed by atoms with Gasteiger partial charge in [0, 0.05) is 39.3 Å². The molecule has 0 spiro atoms. The highest BCUT2D eigenvalue weighted by Gasteiger charge is 2.19. The molecular formula is C14H16N6O. The predicted molar refractivity (Wildman–Crippen MR) is 75.5 cm³/mol. The van der Waals surface area contributed by atoms with Crippen LogP contribution in [0, 0.1) is 18.3 Å². The Morgan fingerprint density at radius 2 is 2.10 bits per heavy atom. The lowest BCUT2D eigenvalue weighted by atomic mass is 10.2. The van der Waals surface area contributed by atoms with E-state index in [0.717, 1.165) is 32.0 Å². The topological polar surface area (TPSA) is 82.1 Å². The molecule has 0 aromatic carbocycles. The van der Waals surface area contributed by atoms with Crippen LogP contribution in [0.1, 0.15) is 17.3 Å². The Morgan fingerprint density at radius 1 is 1.29 bits per heavy atom. The predicted octanol–water partition coefficient (Wildman–Crippen LogP) is 0.967. The number of rotatable bonds is 3. The molecule has 1 aliphatic rings. The maximum absolute atomic E-state index is 8.94. The highest BCUT2D eigenvalue weighted by molar-refractivity contribution is 5.45. The zero-order valence-corrected chi connectivity index (χ0v) is 11.9. The number of pyridine rings is 1. The quantitative estimate of drug-likeness (QED) is 0.830. The summed E-state index contributed by atoms with van der Waals surface area (Å²) in [4.78, 5) is 8.81. The Hall–Kier alpha value is -2.46. The van der Waals surface area contributed by atoms with Crippen molar-refractivity contribution in [2.24, 2.45) is 0 Å². The molecule has 0 radical (unpaired) electrons. The molecule has 108 valence electrons. The number of nitrogens with zero attached hydrogens (tertiary/aromatic N) is 6. The third-order valence-corrected chi connectivity index (χ3v) is 3.50. The maximum Gasteiger partial charge on any atom is 0.230 e. The lowest BCUT2D eigenvalue weighted by Crippen LogP contribution is -2.46. The molecular weight excluding hydrogens is 268 g/mol. The first-order valence-electron chi connectivity index (χ1n) is 6.87. The first-order valence-corrected chi connectivity index (χ1v) is 6.87. The minimum atomic E-state index is 0.598. The Bertz CT molecular complexity index is 653. The molecule has 7 nitrogen and oxygen atoms in total. The van der Waals surface area contributed by atoms with E-state index in [9.17, 15) is 0 Å². The van der Waals surface area contributed by atoms with Gasteiger partial charge in [-0.05, 0) is 12.1 Å². The first kappa shape index (κ1) is 13.5. The van der Waals surface area contributed by atoms with Crippen molar-refractivity contribution in [2.45, 2.75) is 13.5 Å². The van der Waals surface area contributed by atoms with Crippen molar-refractivity contribution in [3.8, 4) is 6.07 Å². The molecule has 2 aromatic heterocycles. The highest BCUT2D eigenvalue weighted by Crippen LogP contribution is 2.15. The summed E-state index contributed by atoms with van der Waals surface area (Å²) >= 11 is 0. The molecule has 1 aliphatic heterocycles. The second-order valence-corrected chi connectivity index (χ2v) is 4.99. The van der Waals surface area contributed by atoms with Crippen LogP contribution in [0.3, 0.4) is 0 Å². The van der Waals surface area contributed by atoms with E-state index in [1.54, 1.807) is 19.2 Å². The highest BCUT2D eigenvalue weighted by atomic mass is 16.4. The molecule has 0 unspecified atom stereocenters. The number of anilines is 1. The number of aryl methyl sites for hydroxylation is 1. The summed E-state index contributed by atoms with van der Waals surface area (Å²) < 4.78 is 5.40. The number of hydrogen-bond donors (Lipinski definition) is 0. The number of aromatic nitrogens is 3. The van der Waals surface area contributed by atoms with Gasteiger partial charge in [0.15, 0.2) is 0 Å². The van der Waals surface area contributed by atoms with E-state index in [4.69, 9.17) is 9.68 Å². The summed E-state index contributed by atoms with van der Waals surface area (Å²) in [6.07, 6.45) is 1.68. The molecule has 1 fully saturated rings. The van der Waals surface area contributed by atoms with Gasteiger partial charge >= 0.3 is 0 Å². The number of nitriles is 1. The number of piperazine rings is 1. The minimum Gasteiger partial charge on any atom is -0.424 e. The van der Waals surface area contributed by atoms with E-state index in [1.165, 1.54) is 0 Å². The van der Waals surface area contributed by atoms with Crippen LogP contribution in [0.4, 0.5) is 5.82 Å². The molecule has 0 saturated carbocycles. The smallest absolute Gasteiger partial charge is 0.230 e. The van der Waals surface area contributed by atoms with Gasteiger partial charge in [-0.2, -0.15) is 5.26 Å². The summed E-state index contributed by atoms with van der Waals surface area (Å²) in [6.45, 7) is 6.02. The fourth-order valence-electron chi connectivity index (χ4n) is 2.39. The van der Waals surface area contributed by atoms with Gasteiger partial charge in [-0.1, -0.05) is 0 Å². The molecule has 0 N–H and O–H groups in total. The van der Waals surface area contributed by atoms with Gasteiger partial charge in [-0.3, -0.25) is 4.90 Å². The van der Waals surface area contributed by atoms with Crippen LogP contribution in [0.25, 0.3) is 0 Å². The van der Waals surface area contributed by atoms with Crippen LogP contribution in [-0.2, 0) is 6.54 Å². The van der Waals surface area contributed by atoms with E-state index in [1.807, 2.05) is 6.07 Å². The summed E-state index contributed by atoms with van der Waals surface area (Å²) in [5.74, 6) is 2.12. The molecule has 21 heavy (non-hydrogen) atoms. The van der Waals surface area contributed by atoms with Crippen LogP contribution in [0.5, 0.6) is 0 Å². The average molecular weight is 284 g/mol. The Kier molecular flexibility index (Phi) is 3.79. The van der Waals surface area contributed by atoms with Crippen molar-refractivity contribution in [3.05, 3.63) is 35.7 Å². The first-order chi connectivity index (χ1) is 10.2. The van der Waals surface area contributed by atoms with Crippen LogP contribution in [-0.4, -0.2) is 46.3 Å². The van der Waals surface area contributed by atoms with Crippen LogP contribution < -0.4 is 4.90 Å². The number of hydrogen-bond acceptors (Lipinski definition) is 7. The van der Waals surface area contributed by atoms with Gasteiger partial charge < -0.3 is 9.32 Å². The maximum atomic E-state index is 8.94. The second-order valence-electron chi connectivity index (χ2n) is 4.99. The standard InChI is InChI=1S/C14H16N6O/c1-11-17-18-14(21-11)10-19-4-6-20(7-5-19)13-8-12(9-15)2-3-16-13/h2-3,8H,4-7,10H2,1H3. The van der Waals surface area contributed by atoms with Gasteiger partial charge in [-0.15, -0.1) is 10.2 Å². The van der Waals surface area contributed by atoms with Crippen molar-refractivity contribution in [2.75, 3.05) is 31.1 Å². The molecule has 3 rings (SSSR count). The fraction of sp³-hybridized carbons (Fsp3) is 0.429. The molecule has 0 bridgehead atoms. The molecule has 1 saturated heterocycles. The van der Waals surface area contributed by atoms with Crippen LogP contribution in [0.15, 0.2) is 22.7 Å².